The topological polar surface area (TPSA) is 12.0 Å². The van der Waals surface area contributed by atoms with E-state index in [1.54, 1.807) is 11.3 Å². The SMILES string of the molecule is CC1CCCCC1NCc1csc(Br)c1. The molecule has 0 radical (unpaired) electrons. The summed E-state index contributed by atoms with van der Waals surface area (Å²) in [6, 6.07) is 2.95. The molecule has 1 saturated carbocycles. The molecular weight excluding hydrogens is 270 g/mol. The van der Waals surface area contributed by atoms with Crippen LogP contribution < -0.4 is 5.32 Å². The van der Waals surface area contributed by atoms with Crippen molar-refractivity contribution in [3.63, 3.8) is 0 Å². The minimum atomic E-state index is 0.734. The van der Waals surface area contributed by atoms with Crippen LogP contribution in [-0.4, -0.2) is 6.04 Å². The van der Waals surface area contributed by atoms with E-state index in [0.29, 0.717) is 0 Å². The highest BCUT2D eigenvalue weighted by Gasteiger charge is 2.20. The van der Waals surface area contributed by atoms with Crippen LogP contribution in [0, 0.1) is 5.92 Å². The molecule has 1 fully saturated rings. The Hall–Kier alpha value is 0.140. The quantitative estimate of drug-likeness (QED) is 0.880. The number of halogens is 1. The van der Waals surface area contributed by atoms with E-state index in [1.807, 2.05) is 0 Å². The van der Waals surface area contributed by atoms with Crippen LogP contribution in [0.4, 0.5) is 0 Å². The lowest BCUT2D eigenvalue weighted by atomic mass is 9.86. The average molecular weight is 288 g/mol. The van der Waals surface area contributed by atoms with Gasteiger partial charge in [0.1, 0.15) is 0 Å². The molecule has 0 aromatic carbocycles. The number of hydrogen-bond acceptors (Lipinski definition) is 2. The second-order valence-electron chi connectivity index (χ2n) is 4.51. The van der Waals surface area contributed by atoms with Crippen molar-refractivity contribution in [1.29, 1.82) is 0 Å². The predicted octanol–water partition coefficient (Wildman–Crippen LogP) is 4.18. The van der Waals surface area contributed by atoms with Gasteiger partial charge in [0.15, 0.2) is 0 Å². The Bertz CT molecular complexity index is 310. The van der Waals surface area contributed by atoms with Crippen molar-refractivity contribution < 1.29 is 0 Å². The molecule has 2 rings (SSSR count). The molecule has 2 atom stereocenters. The van der Waals surface area contributed by atoms with Gasteiger partial charge < -0.3 is 5.32 Å². The zero-order valence-electron chi connectivity index (χ0n) is 9.13. The first-order valence-electron chi connectivity index (χ1n) is 5.72. The highest BCUT2D eigenvalue weighted by atomic mass is 79.9. The molecule has 84 valence electrons. The fourth-order valence-corrected chi connectivity index (χ4v) is 3.52. The third-order valence-corrected chi connectivity index (χ3v) is 4.85. The predicted molar refractivity (Wildman–Crippen MR) is 70.3 cm³/mol. The van der Waals surface area contributed by atoms with Crippen molar-refractivity contribution >= 4 is 27.3 Å². The van der Waals surface area contributed by atoms with Crippen molar-refractivity contribution in [3.05, 3.63) is 20.8 Å². The first-order chi connectivity index (χ1) is 7.25. The third-order valence-electron chi connectivity index (χ3n) is 3.30. The molecular formula is C12H18BrNS. The molecule has 0 bridgehead atoms. The molecule has 0 amide bonds. The molecule has 1 N–H and O–H groups in total. The van der Waals surface area contributed by atoms with Gasteiger partial charge in [0.05, 0.1) is 3.79 Å². The lowest BCUT2D eigenvalue weighted by molar-refractivity contribution is 0.279. The second-order valence-corrected chi connectivity index (χ2v) is 6.80. The molecule has 15 heavy (non-hydrogen) atoms. The van der Waals surface area contributed by atoms with E-state index in [4.69, 9.17) is 0 Å². The van der Waals surface area contributed by atoms with E-state index in [0.717, 1.165) is 18.5 Å². The summed E-state index contributed by atoms with van der Waals surface area (Å²) in [5.74, 6) is 0.848. The Kier molecular flexibility index (Phi) is 4.23. The molecule has 2 unspecified atom stereocenters. The minimum absolute atomic E-state index is 0.734. The number of nitrogens with one attached hydrogen (secondary N) is 1. The monoisotopic (exact) mass is 287 g/mol. The van der Waals surface area contributed by atoms with Gasteiger partial charge in [-0.2, -0.15) is 0 Å². The van der Waals surface area contributed by atoms with Crippen LogP contribution in [0.15, 0.2) is 15.2 Å². The lowest BCUT2D eigenvalue weighted by Crippen LogP contribution is -2.36. The lowest BCUT2D eigenvalue weighted by Gasteiger charge is -2.29. The number of thiophene rings is 1. The Morgan fingerprint density at radius 3 is 2.93 bits per heavy atom. The highest BCUT2D eigenvalue weighted by molar-refractivity contribution is 9.11. The summed E-state index contributed by atoms with van der Waals surface area (Å²) in [5.41, 5.74) is 1.41. The van der Waals surface area contributed by atoms with Crippen LogP contribution >= 0.6 is 27.3 Å². The Morgan fingerprint density at radius 2 is 2.27 bits per heavy atom. The van der Waals surface area contributed by atoms with Crippen molar-refractivity contribution in [2.45, 2.75) is 45.2 Å². The second kappa shape index (κ2) is 5.46. The van der Waals surface area contributed by atoms with Crippen LogP contribution in [0.5, 0.6) is 0 Å². The maximum Gasteiger partial charge on any atom is 0.0701 e. The number of rotatable bonds is 3. The maximum atomic E-state index is 3.69. The normalized spacial score (nSPS) is 26.8. The van der Waals surface area contributed by atoms with Gasteiger partial charge in [-0.3, -0.25) is 0 Å². The standard InChI is InChI=1S/C12H18BrNS/c1-9-4-2-3-5-11(9)14-7-10-6-12(13)15-8-10/h6,8-9,11,14H,2-5,7H2,1H3. The number of hydrogen-bond donors (Lipinski definition) is 1. The third kappa shape index (κ3) is 3.30. The first-order valence-corrected chi connectivity index (χ1v) is 7.39. The maximum absolute atomic E-state index is 3.69. The van der Waals surface area contributed by atoms with Gasteiger partial charge >= 0.3 is 0 Å². The van der Waals surface area contributed by atoms with E-state index < -0.39 is 0 Å². The molecule has 0 saturated heterocycles. The summed E-state index contributed by atoms with van der Waals surface area (Å²) in [5, 5.41) is 5.91. The first kappa shape index (κ1) is 11.6. The van der Waals surface area contributed by atoms with E-state index in [-0.39, 0.29) is 0 Å². The molecule has 1 aromatic heterocycles. The van der Waals surface area contributed by atoms with Gasteiger partial charge in [0.25, 0.3) is 0 Å². The van der Waals surface area contributed by atoms with E-state index in [9.17, 15) is 0 Å². The van der Waals surface area contributed by atoms with Gasteiger partial charge in [-0.15, -0.1) is 11.3 Å². The molecule has 1 heterocycles. The van der Waals surface area contributed by atoms with Gasteiger partial charge in [0.2, 0.25) is 0 Å². The minimum Gasteiger partial charge on any atom is -0.310 e. The molecule has 0 spiro atoms. The molecule has 1 aromatic rings. The van der Waals surface area contributed by atoms with E-state index in [1.165, 1.54) is 35.0 Å². The summed E-state index contributed by atoms with van der Waals surface area (Å²) >= 11 is 5.27. The highest BCUT2D eigenvalue weighted by Crippen LogP contribution is 2.25. The largest absolute Gasteiger partial charge is 0.310 e. The van der Waals surface area contributed by atoms with E-state index in [2.05, 4.69) is 39.6 Å². The van der Waals surface area contributed by atoms with Gasteiger partial charge in [0, 0.05) is 12.6 Å². The Balaban J connectivity index is 1.81. The van der Waals surface area contributed by atoms with Gasteiger partial charge in [-0.05, 0) is 51.7 Å². The average Bonchev–Trinajstić information content (AvgIpc) is 2.63. The summed E-state index contributed by atoms with van der Waals surface area (Å²) in [7, 11) is 0. The molecule has 1 nitrogen and oxygen atoms in total. The summed E-state index contributed by atoms with van der Waals surface area (Å²) in [4.78, 5) is 0. The molecule has 1 aliphatic rings. The van der Waals surface area contributed by atoms with Gasteiger partial charge in [-0.1, -0.05) is 19.8 Å². The van der Waals surface area contributed by atoms with Crippen LogP contribution in [-0.2, 0) is 6.54 Å². The molecule has 1 aliphatic carbocycles. The van der Waals surface area contributed by atoms with Crippen LogP contribution in [0.2, 0.25) is 0 Å². The van der Waals surface area contributed by atoms with Crippen molar-refractivity contribution in [2.75, 3.05) is 0 Å². The van der Waals surface area contributed by atoms with Gasteiger partial charge in [-0.25, -0.2) is 0 Å². The molecule has 0 aliphatic heterocycles. The van der Waals surface area contributed by atoms with E-state index >= 15 is 0 Å². The zero-order chi connectivity index (χ0) is 10.7. The summed E-state index contributed by atoms with van der Waals surface area (Å²) in [6.07, 6.45) is 5.57. The van der Waals surface area contributed by atoms with Crippen LogP contribution in [0.3, 0.4) is 0 Å². The van der Waals surface area contributed by atoms with Crippen LogP contribution in [0.1, 0.15) is 38.2 Å². The molecule has 3 heteroatoms. The fraction of sp³-hybridized carbons (Fsp3) is 0.667. The van der Waals surface area contributed by atoms with Crippen molar-refractivity contribution in [2.24, 2.45) is 5.92 Å². The van der Waals surface area contributed by atoms with Crippen LogP contribution in [0.25, 0.3) is 0 Å². The smallest absolute Gasteiger partial charge is 0.0701 e. The zero-order valence-corrected chi connectivity index (χ0v) is 11.5. The fourth-order valence-electron chi connectivity index (χ4n) is 2.31. The summed E-state index contributed by atoms with van der Waals surface area (Å²) in [6.45, 7) is 3.40. The Morgan fingerprint density at radius 1 is 1.47 bits per heavy atom. The summed E-state index contributed by atoms with van der Waals surface area (Å²) < 4.78 is 1.23. The Labute approximate surface area is 104 Å². The van der Waals surface area contributed by atoms with Crippen molar-refractivity contribution in [1.82, 2.24) is 5.32 Å². The van der Waals surface area contributed by atoms with Crippen molar-refractivity contribution in [3.8, 4) is 0 Å².